The molecule has 0 radical (unpaired) electrons. The van der Waals surface area contributed by atoms with Crippen LogP contribution in [-0.2, 0) is 12.2 Å². The Balaban J connectivity index is 1.53. The van der Waals surface area contributed by atoms with Crippen molar-refractivity contribution in [3.8, 4) is 17.1 Å². The van der Waals surface area contributed by atoms with E-state index in [4.69, 9.17) is 21.0 Å². The first-order valence-electron chi connectivity index (χ1n) is 10.4. The molecule has 0 bridgehead atoms. The Kier molecular flexibility index (Phi) is 5.98. The average molecular weight is 475 g/mol. The first-order valence-corrected chi connectivity index (χ1v) is 11.8. The van der Waals surface area contributed by atoms with Crippen molar-refractivity contribution in [3.05, 3.63) is 99.6 Å². The van der Waals surface area contributed by atoms with E-state index in [1.165, 1.54) is 11.8 Å². The first-order chi connectivity index (χ1) is 16.1. The van der Waals surface area contributed by atoms with Crippen LogP contribution in [0.25, 0.3) is 28.0 Å². The van der Waals surface area contributed by atoms with E-state index in [1.807, 2.05) is 54.6 Å². The van der Waals surface area contributed by atoms with Crippen molar-refractivity contribution in [1.82, 2.24) is 19.7 Å². The van der Waals surface area contributed by atoms with Gasteiger partial charge >= 0.3 is 0 Å². The average Bonchev–Trinajstić information content (AvgIpc) is 3.32. The van der Waals surface area contributed by atoms with Crippen LogP contribution in [0.15, 0.2) is 87.2 Å². The van der Waals surface area contributed by atoms with E-state index < -0.39 is 0 Å². The Bertz CT molecular complexity index is 1490. The summed E-state index contributed by atoms with van der Waals surface area (Å²) in [5, 5.41) is 10.1. The lowest BCUT2D eigenvalue weighted by molar-refractivity contribution is 0.528. The lowest BCUT2D eigenvalue weighted by Gasteiger charge is -2.15. The molecule has 164 valence electrons. The molecule has 2 aromatic heterocycles. The number of hydrogen-bond acceptors (Lipinski definition) is 6. The minimum absolute atomic E-state index is 0.101. The van der Waals surface area contributed by atoms with Gasteiger partial charge in [0.1, 0.15) is 0 Å². The third kappa shape index (κ3) is 4.29. The molecule has 6 nitrogen and oxygen atoms in total. The molecule has 3 aromatic carbocycles. The van der Waals surface area contributed by atoms with E-state index in [2.05, 4.69) is 17.1 Å². The fourth-order valence-corrected chi connectivity index (χ4v) is 4.57. The molecule has 33 heavy (non-hydrogen) atoms. The van der Waals surface area contributed by atoms with Gasteiger partial charge in [0.2, 0.25) is 11.8 Å². The molecular weight excluding hydrogens is 456 g/mol. The maximum Gasteiger partial charge on any atom is 0.266 e. The summed E-state index contributed by atoms with van der Waals surface area (Å²) < 4.78 is 7.52. The molecule has 8 heteroatoms. The van der Waals surface area contributed by atoms with E-state index in [1.54, 1.807) is 22.8 Å². The second-order valence-electron chi connectivity index (χ2n) is 7.33. The van der Waals surface area contributed by atoms with E-state index in [9.17, 15) is 4.79 Å². The number of halogens is 1. The van der Waals surface area contributed by atoms with Gasteiger partial charge in [0.25, 0.3) is 5.56 Å². The van der Waals surface area contributed by atoms with Gasteiger partial charge in [-0.2, -0.15) is 0 Å². The molecule has 2 heterocycles. The van der Waals surface area contributed by atoms with Crippen molar-refractivity contribution >= 4 is 34.3 Å². The summed E-state index contributed by atoms with van der Waals surface area (Å²) >= 11 is 7.35. The van der Waals surface area contributed by atoms with Crippen molar-refractivity contribution in [3.63, 3.8) is 0 Å². The molecule has 0 fully saturated rings. The van der Waals surface area contributed by atoms with E-state index in [0.717, 1.165) is 23.2 Å². The zero-order valence-electron chi connectivity index (χ0n) is 17.7. The van der Waals surface area contributed by atoms with Crippen LogP contribution in [0.1, 0.15) is 18.4 Å². The third-order valence-corrected chi connectivity index (χ3v) is 6.42. The molecular formula is C25H19ClN4O2S. The number of aromatic nitrogens is 4. The highest BCUT2D eigenvalue weighted by molar-refractivity contribution is 7.98. The van der Waals surface area contributed by atoms with Crippen molar-refractivity contribution in [2.75, 3.05) is 0 Å². The zero-order valence-corrected chi connectivity index (χ0v) is 19.3. The Morgan fingerprint density at radius 2 is 1.73 bits per heavy atom. The summed E-state index contributed by atoms with van der Waals surface area (Å²) in [6.07, 6.45) is 0.799. The molecule has 0 N–H and O–H groups in total. The van der Waals surface area contributed by atoms with Crippen LogP contribution in [0.2, 0.25) is 5.02 Å². The molecule has 5 rings (SSSR count). The predicted molar refractivity (Wildman–Crippen MR) is 131 cm³/mol. The monoisotopic (exact) mass is 474 g/mol. The van der Waals surface area contributed by atoms with Gasteiger partial charge in [0, 0.05) is 10.6 Å². The Morgan fingerprint density at radius 1 is 0.970 bits per heavy atom. The second kappa shape index (κ2) is 9.21. The van der Waals surface area contributed by atoms with Crippen LogP contribution in [0.5, 0.6) is 0 Å². The number of fused-ring (bicyclic) bond motifs is 1. The van der Waals surface area contributed by atoms with E-state index in [0.29, 0.717) is 38.6 Å². The Hall–Kier alpha value is -3.42. The second-order valence-corrected chi connectivity index (χ2v) is 8.71. The molecule has 0 unspecified atom stereocenters. The Labute approximate surface area is 199 Å². The first kappa shape index (κ1) is 21.4. The summed E-state index contributed by atoms with van der Waals surface area (Å²) in [6.45, 7) is 2.07. The maximum absolute atomic E-state index is 13.5. The molecule has 0 spiro atoms. The fourth-order valence-electron chi connectivity index (χ4n) is 3.60. The summed E-state index contributed by atoms with van der Waals surface area (Å²) in [7, 11) is 0. The van der Waals surface area contributed by atoms with Crippen molar-refractivity contribution in [2.45, 2.75) is 24.3 Å². The van der Waals surface area contributed by atoms with Gasteiger partial charge in [-0.3, -0.25) is 9.36 Å². The fraction of sp³-hybridized carbons (Fsp3) is 0.120. The highest BCUT2D eigenvalue weighted by Crippen LogP contribution is 2.27. The third-order valence-electron chi connectivity index (χ3n) is 5.24. The number of rotatable bonds is 6. The van der Waals surface area contributed by atoms with E-state index >= 15 is 0 Å². The summed E-state index contributed by atoms with van der Waals surface area (Å²) in [5.41, 5.74) is 3.25. The number of nitrogens with zero attached hydrogens (tertiary/aromatic N) is 4. The highest BCUT2D eigenvalue weighted by Gasteiger charge is 2.17. The number of thioether (sulfide) groups is 1. The van der Waals surface area contributed by atoms with Gasteiger partial charge < -0.3 is 4.42 Å². The van der Waals surface area contributed by atoms with Crippen LogP contribution in [0, 0.1) is 0 Å². The van der Waals surface area contributed by atoms with Crippen molar-refractivity contribution < 1.29 is 4.42 Å². The standard InChI is InChI=1S/C25H19ClN4O2S/c1-2-16-7-3-6-10-21(16)30-24(31)19-8-4-5-9-20(19)27-25(30)33-15-22-28-29-23(32-22)17-11-13-18(26)14-12-17/h3-14H,2,15H2,1H3. The summed E-state index contributed by atoms with van der Waals surface area (Å²) in [5.74, 6) is 1.24. The van der Waals surface area contributed by atoms with Gasteiger partial charge in [-0.05, 0) is 54.4 Å². The molecule has 0 aliphatic heterocycles. The van der Waals surface area contributed by atoms with Gasteiger partial charge in [0.05, 0.1) is 22.3 Å². The molecule has 5 aromatic rings. The van der Waals surface area contributed by atoms with Gasteiger partial charge in [-0.25, -0.2) is 4.98 Å². The molecule has 0 atom stereocenters. The zero-order chi connectivity index (χ0) is 22.8. The maximum atomic E-state index is 13.5. The molecule has 0 saturated carbocycles. The smallest absolute Gasteiger partial charge is 0.266 e. The van der Waals surface area contributed by atoms with Gasteiger partial charge in [-0.15, -0.1) is 10.2 Å². The number of benzene rings is 3. The quantitative estimate of drug-likeness (QED) is 0.224. The van der Waals surface area contributed by atoms with Crippen LogP contribution in [0.3, 0.4) is 0 Å². The largest absolute Gasteiger partial charge is 0.420 e. The molecule has 0 amide bonds. The van der Waals surface area contributed by atoms with Crippen LogP contribution < -0.4 is 5.56 Å². The lowest BCUT2D eigenvalue weighted by Crippen LogP contribution is -2.22. The highest BCUT2D eigenvalue weighted by atomic mass is 35.5. The minimum Gasteiger partial charge on any atom is -0.420 e. The molecule has 0 saturated heterocycles. The molecule has 0 aliphatic carbocycles. The normalized spacial score (nSPS) is 11.2. The summed E-state index contributed by atoms with van der Waals surface area (Å²) in [4.78, 5) is 18.3. The van der Waals surface area contributed by atoms with Crippen molar-refractivity contribution in [2.24, 2.45) is 0 Å². The van der Waals surface area contributed by atoms with Crippen LogP contribution in [-0.4, -0.2) is 19.7 Å². The SMILES string of the molecule is CCc1ccccc1-n1c(SCc2nnc(-c3ccc(Cl)cc3)o2)nc2ccccc2c1=O. The Morgan fingerprint density at radius 3 is 2.55 bits per heavy atom. The topological polar surface area (TPSA) is 73.8 Å². The predicted octanol–water partition coefficient (Wildman–Crippen LogP) is 5.94. The number of aryl methyl sites for hydroxylation is 1. The van der Waals surface area contributed by atoms with Crippen molar-refractivity contribution in [1.29, 1.82) is 0 Å². The van der Waals surface area contributed by atoms with Gasteiger partial charge in [-0.1, -0.05) is 60.6 Å². The number of hydrogen-bond donors (Lipinski definition) is 0. The van der Waals surface area contributed by atoms with Crippen LogP contribution in [0.4, 0.5) is 0 Å². The number of para-hydroxylation sites is 2. The minimum atomic E-state index is -0.101. The summed E-state index contributed by atoms with van der Waals surface area (Å²) in [6, 6.07) is 22.5. The van der Waals surface area contributed by atoms with E-state index in [-0.39, 0.29) is 5.56 Å². The lowest BCUT2D eigenvalue weighted by atomic mass is 10.1. The van der Waals surface area contributed by atoms with Crippen LogP contribution >= 0.6 is 23.4 Å². The molecule has 0 aliphatic rings. The van der Waals surface area contributed by atoms with Gasteiger partial charge in [0.15, 0.2) is 5.16 Å².